The van der Waals surface area contributed by atoms with Gasteiger partial charge in [-0.05, 0) is 43.9 Å². The second-order valence-electron chi connectivity index (χ2n) is 6.94. The summed E-state index contributed by atoms with van der Waals surface area (Å²) in [6.07, 6.45) is 10.4. The first-order valence-corrected chi connectivity index (χ1v) is 8.51. The molecule has 2 heterocycles. The van der Waals surface area contributed by atoms with Gasteiger partial charge >= 0.3 is 0 Å². The van der Waals surface area contributed by atoms with E-state index in [4.69, 9.17) is 0 Å². The van der Waals surface area contributed by atoms with Crippen LogP contribution in [-0.4, -0.2) is 29.1 Å². The maximum Gasteiger partial charge on any atom is 0.147 e. The third kappa shape index (κ3) is 4.16. The summed E-state index contributed by atoms with van der Waals surface area (Å²) in [5, 5.41) is 3.48. The molecule has 1 saturated heterocycles. The Morgan fingerprint density at radius 2 is 2.00 bits per heavy atom. The summed E-state index contributed by atoms with van der Waals surface area (Å²) < 4.78 is 0. The van der Waals surface area contributed by atoms with Gasteiger partial charge in [-0.1, -0.05) is 13.8 Å². The highest BCUT2D eigenvalue weighted by Crippen LogP contribution is 2.26. The standard InChI is InChI=1S/C17H28N4/c1-13(2)14-4-3-8-21(9-7-14)17-12-19-16(11-20-17)10-18-15-5-6-15/h11-15,18H,3-10H2,1-2H3. The van der Waals surface area contributed by atoms with Gasteiger partial charge < -0.3 is 10.2 Å². The van der Waals surface area contributed by atoms with Gasteiger partial charge in [-0.15, -0.1) is 0 Å². The Morgan fingerprint density at radius 3 is 2.67 bits per heavy atom. The minimum absolute atomic E-state index is 0.727. The van der Waals surface area contributed by atoms with Crippen LogP contribution in [0.3, 0.4) is 0 Å². The van der Waals surface area contributed by atoms with Gasteiger partial charge in [0.1, 0.15) is 5.82 Å². The number of anilines is 1. The van der Waals surface area contributed by atoms with Crippen molar-refractivity contribution in [2.75, 3.05) is 18.0 Å². The Bertz CT molecular complexity index is 439. The van der Waals surface area contributed by atoms with Gasteiger partial charge in [-0.2, -0.15) is 0 Å². The second kappa shape index (κ2) is 6.73. The molecule has 4 heteroatoms. The SMILES string of the molecule is CC(C)C1CCCN(c2cnc(CNC3CC3)cn2)CC1. The van der Waals surface area contributed by atoms with Crippen LogP contribution < -0.4 is 10.2 Å². The lowest BCUT2D eigenvalue weighted by Gasteiger charge is -2.22. The van der Waals surface area contributed by atoms with E-state index in [1.165, 1.54) is 32.1 Å². The number of aromatic nitrogens is 2. The Labute approximate surface area is 128 Å². The van der Waals surface area contributed by atoms with Crippen molar-refractivity contribution in [1.82, 2.24) is 15.3 Å². The Morgan fingerprint density at radius 1 is 1.14 bits per heavy atom. The zero-order valence-electron chi connectivity index (χ0n) is 13.4. The lowest BCUT2D eigenvalue weighted by atomic mass is 9.89. The van der Waals surface area contributed by atoms with E-state index in [9.17, 15) is 0 Å². The Balaban J connectivity index is 1.55. The molecule has 1 N–H and O–H groups in total. The van der Waals surface area contributed by atoms with Crippen LogP contribution in [0.1, 0.15) is 51.6 Å². The van der Waals surface area contributed by atoms with Crippen molar-refractivity contribution in [2.24, 2.45) is 11.8 Å². The predicted octanol–water partition coefficient (Wildman–Crippen LogP) is 2.99. The Hall–Kier alpha value is -1.16. The largest absolute Gasteiger partial charge is 0.355 e. The zero-order valence-corrected chi connectivity index (χ0v) is 13.4. The summed E-state index contributed by atoms with van der Waals surface area (Å²) >= 11 is 0. The molecule has 1 atom stereocenters. The van der Waals surface area contributed by atoms with E-state index in [0.717, 1.165) is 49.0 Å². The number of nitrogens with zero attached hydrogens (tertiary/aromatic N) is 3. The summed E-state index contributed by atoms with van der Waals surface area (Å²) in [5.41, 5.74) is 1.06. The van der Waals surface area contributed by atoms with Gasteiger partial charge in [-0.3, -0.25) is 4.98 Å². The maximum absolute atomic E-state index is 4.64. The molecule has 21 heavy (non-hydrogen) atoms. The first-order valence-electron chi connectivity index (χ1n) is 8.51. The summed E-state index contributed by atoms with van der Waals surface area (Å²) in [7, 11) is 0. The van der Waals surface area contributed by atoms with Gasteiger partial charge in [0.15, 0.2) is 0 Å². The van der Waals surface area contributed by atoms with Crippen LogP contribution in [0.2, 0.25) is 0 Å². The third-order valence-corrected chi connectivity index (χ3v) is 4.88. The third-order valence-electron chi connectivity index (χ3n) is 4.88. The average Bonchev–Trinajstić information content (AvgIpc) is 3.32. The van der Waals surface area contributed by atoms with Gasteiger partial charge in [0.2, 0.25) is 0 Å². The molecule has 116 valence electrons. The van der Waals surface area contributed by atoms with E-state index in [1.807, 2.05) is 12.4 Å². The molecule has 1 aliphatic carbocycles. The highest BCUT2D eigenvalue weighted by atomic mass is 15.2. The maximum atomic E-state index is 4.64. The number of rotatable bonds is 5. The van der Waals surface area contributed by atoms with Crippen LogP contribution in [-0.2, 0) is 6.54 Å². The summed E-state index contributed by atoms with van der Waals surface area (Å²) in [6.45, 7) is 7.80. The molecule has 2 fully saturated rings. The van der Waals surface area contributed by atoms with E-state index in [0.29, 0.717) is 0 Å². The fraction of sp³-hybridized carbons (Fsp3) is 0.765. The molecule has 2 aliphatic rings. The normalized spacial score (nSPS) is 23.4. The van der Waals surface area contributed by atoms with Gasteiger partial charge in [0.25, 0.3) is 0 Å². The van der Waals surface area contributed by atoms with Crippen LogP contribution in [0.4, 0.5) is 5.82 Å². The predicted molar refractivity (Wildman–Crippen MR) is 86.3 cm³/mol. The van der Waals surface area contributed by atoms with E-state index >= 15 is 0 Å². The zero-order chi connectivity index (χ0) is 14.7. The smallest absolute Gasteiger partial charge is 0.147 e. The lowest BCUT2D eigenvalue weighted by molar-refractivity contribution is 0.351. The first kappa shape index (κ1) is 14.8. The fourth-order valence-electron chi connectivity index (χ4n) is 3.16. The van der Waals surface area contributed by atoms with Crippen LogP contribution in [0, 0.1) is 11.8 Å². The fourth-order valence-corrected chi connectivity index (χ4v) is 3.16. The second-order valence-corrected chi connectivity index (χ2v) is 6.94. The Kier molecular flexibility index (Phi) is 4.73. The van der Waals surface area contributed by atoms with Crippen LogP contribution in [0.15, 0.2) is 12.4 Å². The van der Waals surface area contributed by atoms with Crippen molar-refractivity contribution >= 4 is 5.82 Å². The minimum atomic E-state index is 0.727. The van der Waals surface area contributed by atoms with Crippen molar-refractivity contribution in [1.29, 1.82) is 0 Å². The molecule has 0 aromatic carbocycles. The van der Waals surface area contributed by atoms with Crippen molar-refractivity contribution < 1.29 is 0 Å². The monoisotopic (exact) mass is 288 g/mol. The molecule has 1 unspecified atom stereocenters. The highest BCUT2D eigenvalue weighted by molar-refractivity contribution is 5.35. The molecule has 1 aliphatic heterocycles. The molecule has 4 nitrogen and oxygen atoms in total. The van der Waals surface area contributed by atoms with E-state index < -0.39 is 0 Å². The van der Waals surface area contributed by atoms with E-state index in [-0.39, 0.29) is 0 Å². The average molecular weight is 288 g/mol. The van der Waals surface area contributed by atoms with Crippen molar-refractivity contribution in [3.05, 3.63) is 18.1 Å². The van der Waals surface area contributed by atoms with E-state index in [2.05, 4.69) is 34.0 Å². The number of hydrogen-bond acceptors (Lipinski definition) is 4. The molecular formula is C17H28N4. The summed E-state index contributed by atoms with van der Waals surface area (Å²) in [4.78, 5) is 11.6. The first-order chi connectivity index (χ1) is 10.2. The van der Waals surface area contributed by atoms with Crippen molar-refractivity contribution in [3.8, 4) is 0 Å². The van der Waals surface area contributed by atoms with E-state index in [1.54, 1.807) is 0 Å². The molecule has 0 amide bonds. The quantitative estimate of drug-likeness (QED) is 0.904. The summed E-state index contributed by atoms with van der Waals surface area (Å²) in [5.74, 6) is 2.71. The van der Waals surface area contributed by atoms with Gasteiger partial charge in [-0.25, -0.2) is 4.98 Å². The molecule has 3 rings (SSSR count). The van der Waals surface area contributed by atoms with Crippen LogP contribution in [0.25, 0.3) is 0 Å². The molecule has 1 saturated carbocycles. The molecule has 0 radical (unpaired) electrons. The summed E-state index contributed by atoms with van der Waals surface area (Å²) in [6, 6.07) is 0.727. The highest BCUT2D eigenvalue weighted by Gasteiger charge is 2.21. The lowest BCUT2D eigenvalue weighted by Crippen LogP contribution is -2.26. The number of nitrogens with one attached hydrogen (secondary N) is 1. The van der Waals surface area contributed by atoms with Crippen molar-refractivity contribution in [3.63, 3.8) is 0 Å². The molecule has 0 bridgehead atoms. The molecule has 0 spiro atoms. The van der Waals surface area contributed by atoms with Gasteiger partial charge in [0, 0.05) is 25.7 Å². The van der Waals surface area contributed by atoms with Crippen LogP contribution in [0.5, 0.6) is 0 Å². The topological polar surface area (TPSA) is 41.1 Å². The molecule has 1 aromatic heterocycles. The molecule has 1 aromatic rings. The van der Waals surface area contributed by atoms with Gasteiger partial charge in [0.05, 0.1) is 18.1 Å². The molecular weight excluding hydrogens is 260 g/mol. The minimum Gasteiger partial charge on any atom is -0.355 e. The number of hydrogen-bond donors (Lipinski definition) is 1. The van der Waals surface area contributed by atoms with Crippen molar-refractivity contribution in [2.45, 2.75) is 58.5 Å². The van der Waals surface area contributed by atoms with Crippen LogP contribution >= 0.6 is 0 Å².